The molecule has 0 spiro atoms. The van der Waals surface area contributed by atoms with Crippen molar-refractivity contribution in [3.63, 3.8) is 0 Å². The molecule has 0 heterocycles. The lowest BCUT2D eigenvalue weighted by Crippen LogP contribution is -2.45. The van der Waals surface area contributed by atoms with Crippen LogP contribution in [0.2, 0.25) is 0 Å². The van der Waals surface area contributed by atoms with Gasteiger partial charge < -0.3 is 26.2 Å². The average molecular weight is 247 g/mol. The third-order valence-electron chi connectivity index (χ3n) is 1.63. The van der Waals surface area contributed by atoms with E-state index in [0.29, 0.717) is 4.90 Å². The number of carboxylic acids is 2. The molecule has 0 aliphatic heterocycles. The lowest BCUT2D eigenvalue weighted by atomic mass is 10.4. The molecule has 9 nitrogen and oxygen atoms in total. The molecule has 5 N–H and O–H groups in total. The van der Waals surface area contributed by atoms with Gasteiger partial charge in [-0.1, -0.05) is 0 Å². The Labute approximate surface area is 96.2 Å². The summed E-state index contributed by atoms with van der Waals surface area (Å²) in [5.41, 5.74) is 4.97. The molecule has 0 saturated carbocycles. The Hall–Kier alpha value is -2.16. The SMILES string of the molecule is NCC(=O)NCC(=O)N(CC(=O)O)CC(=O)O. The quantitative estimate of drug-likeness (QED) is 0.375. The average Bonchev–Trinajstić information content (AvgIpc) is 2.23. The van der Waals surface area contributed by atoms with Crippen LogP contribution in [0.5, 0.6) is 0 Å². The van der Waals surface area contributed by atoms with Crippen molar-refractivity contribution >= 4 is 23.8 Å². The number of hydrogen-bond donors (Lipinski definition) is 4. The number of amides is 2. The number of nitrogens with two attached hydrogens (primary N) is 1. The van der Waals surface area contributed by atoms with Gasteiger partial charge in [0.15, 0.2) is 0 Å². The Morgan fingerprint density at radius 1 is 1.06 bits per heavy atom. The summed E-state index contributed by atoms with van der Waals surface area (Å²) >= 11 is 0. The minimum absolute atomic E-state index is 0.314. The Morgan fingerprint density at radius 3 is 1.88 bits per heavy atom. The highest BCUT2D eigenvalue weighted by Gasteiger charge is 2.19. The van der Waals surface area contributed by atoms with Crippen molar-refractivity contribution in [1.29, 1.82) is 0 Å². The van der Waals surface area contributed by atoms with Crippen molar-refractivity contribution in [3.8, 4) is 0 Å². The van der Waals surface area contributed by atoms with E-state index in [4.69, 9.17) is 15.9 Å². The maximum Gasteiger partial charge on any atom is 0.323 e. The molecule has 9 heteroatoms. The lowest BCUT2D eigenvalue weighted by molar-refractivity contribution is -0.149. The molecule has 0 aromatic rings. The smallest absolute Gasteiger partial charge is 0.323 e. The van der Waals surface area contributed by atoms with Gasteiger partial charge in [-0.3, -0.25) is 19.2 Å². The van der Waals surface area contributed by atoms with Gasteiger partial charge in [-0.25, -0.2) is 0 Å². The first kappa shape index (κ1) is 14.8. The maximum absolute atomic E-state index is 11.4. The highest BCUT2D eigenvalue weighted by molar-refractivity contribution is 5.89. The fourth-order valence-electron chi connectivity index (χ4n) is 0.917. The van der Waals surface area contributed by atoms with Gasteiger partial charge in [0.1, 0.15) is 13.1 Å². The Bertz CT molecular complexity index is 313. The van der Waals surface area contributed by atoms with Crippen molar-refractivity contribution in [2.75, 3.05) is 26.2 Å². The second-order valence-electron chi connectivity index (χ2n) is 3.02. The first-order valence-electron chi connectivity index (χ1n) is 4.55. The van der Waals surface area contributed by atoms with Crippen LogP contribution in [0.3, 0.4) is 0 Å². The molecule has 0 rings (SSSR count). The van der Waals surface area contributed by atoms with Crippen molar-refractivity contribution in [2.45, 2.75) is 0 Å². The summed E-state index contributed by atoms with van der Waals surface area (Å²) in [4.78, 5) is 43.5. The minimum Gasteiger partial charge on any atom is -0.480 e. The highest BCUT2D eigenvalue weighted by atomic mass is 16.4. The number of rotatable bonds is 7. The number of hydrogen-bond acceptors (Lipinski definition) is 5. The molecule has 0 aromatic heterocycles. The van der Waals surface area contributed by atoms with E-state index in [1.807, 2.05) is 0 Å². The molecule has 17 heavy (non-hydrogen) atoms. The van der Waals surface area contributed by atoms with Crippen LogP contribution in [0.15, 0.2) is 0 Å². The molecule has 0 aromatic carbocycles. The monoisotopic (exact) mass is 247 g/mol. The van der Waals surface area contributed by atoms with Crippen molar-refractivity contribution in [1.82, 2.24) is 10.2 Å². The third-order valence-corrected chi connectivity index (χ3v) is 1.63. The second kappa shape index (κ2) is 7.17. The first-order chi connectivity index (χ1) is 7.86. The van der Waals surface area contributed by atoms with Crippen LogP contribution in [-0.4, -0.2) is 65.0 Å². The number of carbonyl (C=O) groups is 4. The van der Waals surface area contributed by atoms with Crippen LogP contribution in [0.25, 0.3) is 0 Å². The molecule has 0 aliphatic carbocycles. The maximum atomic E-state index is 11.4. The molecule has 96 valence electrons. The summed E-state index contributed by atoms with van der Waals surface area (Å²) in [7, 11) is 0. The van der Waals surface area contributed by atoms with Gasteiger partial charge in [0.25, 0.3) is 0 Å². The zero-order chi connectivity index (χ0) is 13.4. The predicted octanol–water partition coefficient (Wildman–Crippen LogP) is -2.94. The van der Waals surface area contributed by atoms with Crippen LogP contribution in [0.4, 0.5) is 0 Å². The molecule has 0 unspecified atom stereocenters. The van der Waals surface area contributed by atoms with Crippen LogP contribution in [-0.2, 0) is 19.2 Å². The van der Waals surface area contributed by atoms with Crippen molar-refractivity contribution in [2.24, 2.45) is 5.73 Å². The van der Waals surface area contributed by atoms with Gasteiger partial charge in [0, 0.05) is 0 Å². The van der Waals surface area contributed by atoms with E-state index in [0.717, 1.165) is 0 Å². The lowest BCUT2D eigenvalue weighted by Gasteiger charge is -2.18. The standard InChI is InChI=1S/C8H13N3O6/c9-1-5(12)10-2-6(13)11(3-7(14)15)4-8(16)17/h1-4,9H2,(H,10,12)(H,14,15)(H,16,17). The molecule has 0 radical (unpaired) electrons. The predicted molar refractivity (Wildman–Crippen MR) is 53.9 cm³/mol. The van der Waals surface area contributed by atoms with Crippen LogP contribution in [0, 0.1) is 0 Å². The largest absolute Gasteiger partial charge is 0.480 e. The summed E-state index contributed by atoms with van der Waals surface area (Å²) < 4.78 is 0. The van der Waals surface area contributed by atoms with Gasteiger partial charge in [-0.2, -0.15) is 0 Å². The van der Waals surface area contributed by atoms with Crippen LogP contribution in [0.1, 0.15) is 0 Å². The molecule has 0 aliphatic rings. The molecular formula is C8H13N3O6. The zero-order valence-electron chi connectivity index (χ0n) is 8.88. The fraction of sp³-hybridized carbons (Fsp3) is 0.500. The molecule has 0 atom stereocenters. The van der Waals surface area contributed by atoms with E-state index < -0.39 is 43.4 Å². The summed E-state index contributed by atoms with van der Waals surface area (Å²) in [6.07, 6.45) is 0. The molecule has 0 fully saturated rings. The molecule has 2 amide bonds. The minimum atomic E-state index is -1.34. The Balaban J connectivity index is 4.36. The Morgan fingerprint density at radius 2 is 1.53 bits per heavy atom. The summed E-state index contributed by atoms with van der Waals surface area (Å²) in [5, 5.41) is 19.1. The fourth-order valence-corrected chi connectivity index (χ4v) is 0.917. The van der Waals surface area contributed by atoms with Crippen molar-refractivity contribution in [3.05, 3.63) is 0 Å². The number of nitrogens with one attached hydrogen (secondary N) is 1. The first-order valence-corrected chi connectivity index (χ1v) is 4.55. The van der Waals surface area contributed by atoms with E-state index in [2.05, 4.69) is 5.32 Å². The Kier molecular flexibility index (Phi) is 6.26. The van der Waals surface area contributed by atoms with E-state index in [1.54, 1.807) is 0 Å². The van der Waals surface area contributed by atoms with E-state index in [-0.39, 0.29) is 6.54 Å². The highest BCUT2D eigenvalue weighted by Crippen LogP contribution is 1.90. The van der Waals surface area contributed by atoms with E-state index in [1.165, 1.54) is 0 Å². The normalized spacial score (nSPS) is 9.47. The zero-order valence-corrected chi connectivity index (χ0v) is 8.88. The second-order valence-corrected chi connectivity index (χ2v) is 3.02. The van der Waals surface area contributed by atoms with Crippen LogP contribution >= 0.6 is 0 Å². The van der Waals surface area contributed by atoms with Crippen LogP contribution < -0.4 is 11.1 Å². The summed E-state index contributed by atoms with van der Waals surface area (Å²) in [5.74, 6) is -4.09. The van der Waals surface area contributed by atoms with E-state index in [9.17, 15) is 19.2 Å². The molecule has 0 saturated heterocycles. The number of nitrogens with zero attached hydrogens (tertiary/aromatic N) is 1. The molecular weight excluding hydrogens is 234 g/mol. The van der Waals surface area contributed by atoms with Gasteiger partial charge in [-0.05, 0) is 0 Å². The number of aliphatic carboxylic acids is 2. The molecule has 0 bridgehead atoms. The van der Waals surface area contributed by atoms with Gasteiger partial charge >= 0.3 is 11.9 Å². The van der Waals surface area contributed by atoms with Gasteiger partial charge in [0.05, 0.1) is 13.1 Å². The third kappa shape index (κ3) is 6.84. The summed E-state index contributed by atoms with van der Waals surface area (Å²) in [6, 6.07) is 0. The number of carbonyl (C=O) groups excluding carboxylic acids is 2. The van der Waals surface area contributed by atoms with Gasteiger partial charge in [-0.15, -0.1) is 0 Å². The van der Waals surface area contributed by atoms with E-state index >= 15 is 0 Å². The topological polar surface area (TPSA) is 150 Å². The van der Waals surface area contributed by atoms with Gasteiger partial charge in [0.2, 0.25) is 11.8 Å². The summed E-state index contributed by atoms with van der Waals surface area (Å²) in [6.45, 7) is -2.30. The number of carboxylic acid groups (broad SMARTS) is 2. The van der Waals surface area contributed by atoms with Crippen molar-refractivity contribution < 1.29 is 29.4 Å².